The average molecular weight is 318 g/mol. The van der Waals surface area contributed by atoms with Crippen LogP contribution in [-0.4, -0.2) is 41.5 Å². The molecule has 1 saturated heterocycles. The molecular weight excluding hydrogens is 296 g/mol. The van der Waals surface area contributed by atoms with Crippen LogP contribution < -0.4 is 0 Å². The van der Waals surface area contributed by atoms with Crippen molar-refractivity contribution in [1.29, 1.82) is 0 Å². The Morgan fingerprint density at radius 3 is 2.65 bits per heavy atom. The Morgan fingerprint density at radius 1 is 1.39 bits per heavy atom. The number of hydrogen-bond donors (Lipinski definition) is 0. The Kier molecular flexibility index (Phi) is 4.35. The molecule has 2 fully saturated rings. The van der Waals surface area contributed by atoms with E-state index in [0.717, 1.165) is 50.8 Å². The summed E-state index contributed by atoms with van der Waals surface area (Å²) in [4.78, 5) is 24.7. The first-order chi connectivity index (χ1) is 11.0. The second-order valence-electron chi connectivity index (χ2n) is 6.58. The third-order valence-corrected chi connectivity index (χ3v) is 5.15. The molecule has 6 heteroatoms. The van der Waals surface area contributed by atoms with Gasteiger partial charge in [0, 0.05) is 12.1 Å². The molecule has 0 atom stereocenters. The molecule has 23 heavy (non-hydrogen) atoms. The Balaban J connectivity index is 1.57. The second-order valence-corrected chi connectivity index (χ2v) is 6.58. The van der Waals surface area contributed by atoms with Crippen molar-refractivity contribution in [3.05, 3.63) is 39.9 Å². The van der Waals surface area contributed by atoms with Crippen LogP contribution in [0.3, 0.4) is 0 Å². The van der Waals surface area contributed by atoms with Crippen LogP contribution in [0.15, 0.2) is 24.3 Å². The maximum atomic E-state index is 11.9. The number of hydrogen-bond acceptors (Lipinski definition) is 5. The Hall–Kier alpha value is -1.95. The van der Waals surface area contributed by atoms with Crippen LogP contribution in [0.5, 0.6) is 0 Å². The molecular formula is C17H22N2O4. The summed E-state index contributed by atoms with van der Waals surface area (Å²) in [7, 11) is 1.46. The maximum Gasteiger partial charge on any atom is 0.326 e. The molecule has 0 bridgehead atoms. The third kappa shape index (κ3) is 3.22. The normalized spacial score (nSPS) is 20.9. The number of carbonyl (C=O) groups is 1. The van der Waals surface area contributed by atoms with Crippen LogP contribution in [0.1, 0.15) is 31.2 Å². The molecule has 124 valence electrons. The van der Waals surface area contributed by atoms with Crippen molar-refractivity contribution in [1.82, 2.24) is 4.90 Å². The van der Waals surface area contributed by atoms with Crippen molar-refractivity contribution < 1.29 is 14.5 Å². The third-order valence-electron chi connectivity index (χ3n) is 5.15. The van der Waals surface area contributed by atoms with E-state index in [1.54, 1.807) is 12.1 Å². The van der Waals surface area contributed by atoms with E-state index in [1.807, 2.05) is 6.07 Å². The van der Waals surface area contributed by atoms with Gasteiger partial charge in [-0.2, -0.15) is 0 Å². The number of carbonyl (C=O) groups excluding carboxylic acids is 1. The molecule has 0 unspecified atom stereocenters. The predicted octanol–water partition coefficient (Wildman–Crippen LogP) is 2.55. The highest BCUT2D eigenvalue weighted by Gasteiger charge is 2.56. The van der Waals surface area contributed by atoms with E-state index in [9.17, 15) is 14.9 Å². The summed E-state index contributed by atoms with van der Waals surface area (Å²) in [6, 6.07) is 6.90. The lowest BCUT2D eigenvalue weighted by Crippen LogP contribution is -2.48. The van der Waals surface area contributed by atoms with Crippen LogP contribution in [0.4, 0.5) is 5.69 Å². The highest BCUT2D eigenvalue weighted by Crippen LogP contribution is 2.44. The number of likely N-dealkylation sites (tertiary alicyclic amines) is 1. The van der Waals surface area contributed by atoms with Gasteiger partial charge in [0.2, 0.25) is 0 Å². The molecule has 1 aromatic rings. The van der Waals surface area contributed by atoms with E-state index in [1.165, 1.54) is 13.2 Å². The molecule has 0 radical (unpaired) electrons. The number of non-ortho nitro benzene ring substituents is 1. The van der Waals surface area contributed by atoms with Gasteiger partial charge in [-0.1, -0.05) is 12.1 Å². The van der Waals surface area contributed by atoms with Crippen LogP contribution in [0, 0.1) is 16.0 Å². The smallest absolute Gasteiger partial charge is 0.326 e. The molecule has 0 aromatic heterocycles. The summed E-state index contributed by atoms with van der Waals surface area (Å²) in [5, 5.41) is 10.9. The van der Waals surface area contributed by atoms with Gasteiger partial charge in [-0.05, 0) is 56.7 Å². The topological polar surface area (TPSA) is 72.7 Å². The van der Waals surface area contributed by atoms with Crippen LogP contribution in [-0.2, 0) is 16.0 Å². The second kappa shape index (κ2) is 6.28. The SMILES string of the molecule is COC(=O)C1(N2CCC(Cc3cccc([N+](=O)[O-])c3)CC2)CC1. The van der Waals surface area contributed by atoms with Crippen LogP contribution in [0.25, 0.3) is 0 Å². The number of piperidine rings is 1. The van der Waals surface area contributed by atoms with Gasteiger partial charge < -0.3 is 4.74 Å². The maximum absolute atomic E-state index is 11.9. The molecule has 3 rings (SSSR count). The molecule has 1 aliphatic heterocycles. The minimum absolute atomic E-state index is 0.102. The number of rotatable bonds is 5. The van der Waals surface area contributed by atoms with Gasteiger partial charge in [-0.25, -0.2) is 0 Å². The molecule has 1 heterocycles. The van der Waals surface area contributed by atoms with Gasteiger partial charge in [0.15, 0.2) is 0 Å². The van der Waals surface area contributed by atoms with Crippen molar-refractivity contribution in [2.75, 3.05) is 20.2 Å². The highest BCUT2D eigenvalue weighted by atomic mass is 16.6. The van der Waals surface area contributed by atoms with Gasteiger partial charge in [0.1, 0.15) is 5.54 Å². The molecule has 6 nitrogen and oxygen atoms in total. The first-order valence-corrected chi connectivity index (χ1v) is 8.12. The van der Waals surface area contributed by atoms with Crippen molar-refractivity contribution in [3.8, 4) is 0 Å². The van der Waals surface area contributed by atoms with Crippen molar-refractivity contribution >= 4 is 11.7 Å². The largest absolute Gasteiger partial charge is 0.468 e. The predicted molar refractivity (Wildman–Crippen MR) is 85.1 cm³/mol. The van der Waals surface area contributed by atoms with Crippen LogP contribution in [0.2, 0.25) is 0 Å². The number of nitro benzene ring substituents is 1. The molecule has 0 amide bonds. The van der Waals surface area contributed by atoms with Crippen molar-refractivity contribution in [2.24, 2.45) is 5.92 Å². The zero-order valence-corrected chi connectivity index (χ0v) is 13.4. The average Bonchev–Trinajstić information content (AvgIpc) is 3.37. The first-order valence-electron chi connectivity index (χ1n) is 8.12. The van der Waals surface area contributed by atoms with Gasteiger partial charge in [0.05, 0.1) is 12.0 Å². The summed E-state index contributed by atoms with van der Waals surface area (Å²) >= 11 is 0. The number of ether oxygens (including phenoxy) is 1. The van der Waals surface area contributed by atoms with E-state index < -0.39 is 0 Å². The zero-order chi connectivity index (χ0) is 16.4. The molecule has 1 saturated carbocycles. The molecule has 0 spiro atoms. The number of methoxy groups -OCH3 is 1. The Morgan fingerprint density at radius 2 is 2.09 bits per heavy atom. The zero-order valence-electron chi connectivity index (χ0n) is 13.4. The first kappa shape index (κ1) is 15.9. The lowest BCUT2D eigenvalue weighted by molar-refractivity contribution is -0.384. The van der Waals surface area contributed by atoms with E-state index in [0.29, 0.717) is 5.92 Å². The Labute approximate surface area is 135 Å². The monoisotopic (exact) mass is 318 g/mol. The number of nitro groups is 1. The van der Waals surface area contributed by atoms with Crippen molar-refractivity contribution in [3.63, 3.8) is 0 Å². The van der Waals surface area contributed by atoms with Gasteiger partial charge >= 0.3 is 5.97 Å². The minimum atomic E-state index is -0.356. The fourth-order valence-corrected chi connectivity index (χ4v) is 3.65. The quantitative estimate of drug-likeness (QED) is 0.474. The van der Waals surface area contributed by atoms with E-state index >= 15 is 0 Å². The summed E-state index contributed by atoms with van der Waals surface area (Å²) < 4.78 is 4.94. The fourth-order valence-electron chi connectivity index (χ4n) is 3.65. The molecule has 0 N–H and O–H groups in total. The molecule has 1 aromatic carbocycles. The Bertz CT molecular complexity index is 604. The standard InChI is InChI=1S/C17H22N2O4/c1-23-16(20)17(7-8-17)18-9-5-13(6-10-18)11-14-3-2-4-15(12-14)19(21)22/h2-4,12-13H,5-11H2,1H3. The minimum Gasteiger partial charge on any atom is -0.468 e. The van der Waals surface area contributed by atoms with E-state index in [2.05, 4.69) is 4.90 Å². The van der Waals surface area contributed by atoms with Gasteiger partial charge in [-0.15, -0.1) is 0 Å². The fraction of sp³-hybridized carbons (Fsp3) is 0.588. The lowest BCUT2D eigenvalue weighted by atomic mass is 9.89. The van der Waals surface area contributed by atoms with E-state index in [4.69, 9.17) is 4.74 Å². The number of esters is 1. The lowest BCUT2D eigenvalue weighted by Gasteiger charge is -2.36. The molecule has 2 aliphatic rings. The van der Waals surface area contributed by atoms with Gasteiger partial charge in [-0.3, -0.25) is 19.8 Å². The van der Waals surface area contributed by atoms with Gasteiger partial charge in [0.25, 0.3) is 5.69 Å². The highest BCUT2D eigenvalue weighted by molar-refractivity contribution is 5.84. The molecule has 1 aliphatic carbocycles. The van der Waals surface area contributed by atoms with Crippen LogP contribution >= 0.6 is 0 Å². The number of nitrogens with zero attached hydrogens (tertiary/aromatic N) is 2. The number of benzene rings is 1. The van der Waals surface area contributed by atoms with E-state index in [-0.39, 0.29) is 22.1 Å². The van der Waals surface area contributed by atoms with Crippen molar-refractivity contribution in [2.45, 2.75) is 37.6 Å². The summed E-state index contributed by atoms with van der Waals surface area (Å²) in [6.07, 6.45) is 4.69. The summed E-state index contributed by atoms with van der Waals surface area (Å²) in [5.74, 6) is 0.413. The summed E-state index contributed by atoms with van der Waals surface area (Å²) in [6.45, 7) is 1.80. The summed E-state index contributed by atoms with van der Waals surface area (Å²) in [5.41, 5.74) is 0.819.